The van der Waals surface area contributed by atoms with Gasteiger partial charge in [-0.15, -0.1) is 0 Å². The van der Waals surface area contributed by atoms with Crippen LogP contribution in [0.25, 0.3) is 0 Å². The third-order valence-electron chi connectivity index (χ3n) is 2.98. The lowest BCUT2D eigenvalue weighted by atomic mass is 9.97. The Morgan fingerprint density at radius 3 is 2.57 bits per heavy atom. The van der Waals surface area contributed by atoms with E-state index in [0.717, 1.165) is 32.2 Å². The molecular formula is C12H25NO. The zero-order chi connectivity index (χ0) is 10.4. The summed E-state index contributed by atoms with van der Waals surface area (Å²) >= 11 is 0. The highest BCUT2D eigenvalue weighted by molar-refractivity contribution is 4.73. The minimum Gasteiger partial charge on any atom is -0.381 e. The monoisotopic (exact) mass is 199 g/mol. The quantitative estimate of drug-likeness (QED) is 0.647. The Kier molecular flexibility index (Phi) is 5.49. The van der Waals surface area contributed by atoms with Crippen molar-refractivity contribution in [1.29, 1.82) is 0 Å². The van der Waals surface area contributed by atoms with Crippen LogP contribution in [-0.4, -0.2) is 26.3 Å². The molecule has 0 aromatic rings. The topological polar surface area (TPSA) is 21.3 Å². The van der Waals surface area contributed by atoms with Crippen LogP contribution in [0.3, 0.4) is 0 Å². The van der Waals surface area contributed by atoms with Crippen molar-refractivity contribution in [2.75, 3.05) is 26.3 Å². The molecule has 1 saturated carbocycles. The molecule has 2 nitrogen and oxygen atoms in total. The first-order valence-corrected chi connectivity index (χ1v) is 6.02. The van der Waals surface area contributed by atoms with Crippen molar-refractivity contribution in [2.24, 2.45) is 17.8 Å². The largest absolute Gasteiger partial charge is 0.381 e. The molecule has 0 aromatic carbocycles. The summed E-state index contributed by atoms with van der Waals surface area (Å²) in [6.07, 6.45) is 2.78. The summed E-state index contributed by atoms with van der Waals surface area (Å²) in [7, 11) is 0. The van der Waals surface area contributed by atoms with Gasteiger partial charge in [-0.1, -0.05) is 20.8 Å². The Balaban J connectivity index is 2.06. The van der Waals surface area contributed by atoms with Crippen LogP contribution in [0.5, 0.6) is 0 Å². The highest BCUT2D eigenvalue weighted by atomic mass is 16.5. The van der Waals surface area contributed by atoms with Crippen LogP contribution in [0.4, 0.5) is 0 Å². The van der Waals surface area contributed by atoms with Crippen molar-refractivity contribution in [3.05, 3.63) is 0 Å². The first-order chi connectivity index (χ1) is 6.74. The van der Waals surface area contributed by atoms with Gasteiger partial charge in [-0.2, -0.15) is 0 Å². The molecule has 0 aromatic heterocycles. The molecule has 1 aliphatic carbocycles. The summed E-state index contributed by atoms with van der Waals surface area (Å²) in [5, 5.41) is 3.40. The lowest BCUT2D eigenvalue weighted by molar-refractivity contribution is 0.0757. The average Bonchev–Trinajstić information content (AvgIpc) is 2.94. The molecule has 0 spiro atoms. The van der Waals surface area contributed by atoms with E-state index in [4.69, 9.17) is 4.74 Å². The molecule has 1 N–H and O–H groups in total. The summed E-state index contributed by atoms with van der Waals surface area (Å²) in [4.78, 5) is 0. The summed E-state index contributed by atoms with van der Waals surface area (Å²) in [5.74, 6) is 2.28. The molecule has 14 heavy (non-hydrogen) atoms. The first-order valence-electron chi connectivity index (χ1n) is 6.02. The van der Waals surface area contributed by atoms with Crippen LogP contribution in [0.1, 0.15) is 33.6 Å². The van der Waals surface area contributed by atoms with Gasteiger partial charge in [-0.3, -0.25) is 0 Å². The van der Waals surface area contributed by atoms with E-state index >= 15 is 0 Å². The second-order valence-corrected chi connectivity index (χ2v) is 4.79. The molecule has 1 unspecified atom stereocenters. The predicted molar refractivity (Wildman–Crippen MR) is 60.4 cm³/mol. The highest BCUT2D eigenvalue weighted by Crippen LogP contribution is 2.29. The molecule has 0 heterocycles. The van der Waals surface area contributed by atoms with Crippen LogP contribution in [0, 0.1) is 17.8 Å². The van der Waals surface area contributed by atoms with Gasteiger partial charge in [0.1, 0.15) is 0 Å². The number of nitrogens with one attached hydrogen (secondary N) is 1. The van der Waals surface area contributed by atoms with Crippen LogP contribution < -0.4 is 5.32 Å². The van der Waals surface area contributed by atoms with Gasteiger partial charge in [-0.25, -0.2) is 0 Å². The first kappa shape index (κ1) is 12.0. The Bertz CT molecular complexity index is 143. The van der Waals surface area contributed by atoms with E-state index in [9.17, 15) is 0 Å². The Morgan fingerprint density at radius 1 is 1.36 bits per heavy atom. The maximum absolute atomic E-state index is 5.74. The Labute approximate surface area is 88.4 Å². The summed E-state index contributed by atoms with van der Waals surface area (Å²) in [6.45, 7) is 10.8. The van der Waals surface area contributed by atoms with Crippen molar-refractivity contribution < 1.29 is 4.74 Å². The smallest absolute Gasteiger partial charge is 0.0509 e. The molecule has 1 aliphatic rings. The third-order valence-corrected chi connectivity index (χ3v) is 2.98. The lowest BCUT2D eigenvalue weighted by Gasteiger charge is -2.21. The maximum Gasteiger partial charge on any atom is 0.0509 e. The molecular weight excluding hydrogens is 174 g/mol. The summed E-state index contributed by atoms with van der Waals surface area (Å²) in [6, 6.07) is 0. The van der Waals surface area contributed by atoms with E-state index in [1.54, 1.807) is 0 Å². The van der Waals surface area contributed by atoms with Crippen LogP contribution in [0.15, 0.2) is 0 Å². The van der Waals surface area contributed by atoms with E-state index in [0.29, 0.717) is 11.8 Å². The number of ether oxygens (including phenoxy) is 1. The maximum atomic E-state index is 5.74. The molecule has 0 saturated heterocycles. The van der Waals surface area contributed by atoms with Crippen LogP contribution in [-0.2, 0) is 4.74 Å². The van der Waals surface area contributed by atoms with Crippen LogP contribution in [0.2, 0.25) is 0 Å². The fourth-order valence-corrected chi connectivity index (χ4v) is 1.49. The van der Waals surface area contributed by atoms with Gasteiger partial charge in [0.2, 0.25) is 0 Å². The molecule has 0 radical (unpaired) electrons. The van der Waals surface area contributed by atoms with Gasteiger partial charge in [0.05, 0.1) is 6.61 Å². The van der Waals surface area contributed by atoms with Gasteiger partial charge in [0.15, 0.2) is 0 Å². The molecule has 2 heteroatoms. The molecule has 1 atom stereocenters. The third kappa shape index (κ3) is 4.97. The second-order valence-electron chi connectivity index (χ2n) is 4.79. The van der Waals surface area contributed by atoms with Gasteiger partial charge in [0, 0.05) is 13.2 Å². The zero-order valence-electron chi connectivity index (χ0n) is 9.88. The fourth-order valence-electron chi connectivity index (χ4n) is 1.49. The van der Waals surface area contributed by atoms with Gasteiger partial charge < -0.3 is 10.1 Å². The minimum atomic E-state index is 0.675. The van der Waals surface area contributed by atoms with Gasteiger partial charge >= 0.3 is 0 Å². The van der Waals surface area contributed by atoms with E-state index in [1.807, 2.05) is 0 Å². The lowest BCUT2D eigenvalue weighted by Crippen LogP contribution is -2.29. The summed E-state index contributed by atoms with van der Waals surface area (Å²) in [5.41, 5.74) is 0. The van der Waals surface area contributed by atoms with E-state index in [2.05, 4.69) is 26.1 Å². The molecule has 0 bridgehead atoms. The molecule has 1 fully saturated rings. The van der Waals surface area contributed by atoms with Crippen molar-refractivity contribution in [2.45, 2.75) is 33.6 Å². The number of hydrogen-bond acceptors (Lipinski definition) is 2. The van der Waals surface area contributed by atoms with E-state index < -0.39 is 0 Å². The van der Waals surface area contributed by atoms with E-state index in [-0.39, 0.29) is 0 Å². The average molecular weight is 199 g/mol. The Hall–Kier alpha value is -0.0800. The van der Waals surface area contributed by atoms with Crippen molar-refractivity contribution in [1.82, 2.24) is 5.32 Å². The number of hydrogen-bond donors (Lipinski definition) is 1. The summed E-state index contributed by atoms with van der Waals surface area (Å²) < 4.78 is 5.74. The second kappa shape index (κ2) is 6.41. The zero-order valence-corrected chi connectivity index (χ0v) is 9.88. The van der Waals surface area contributed by atoms with E-state index in [1.165, 1.54) is 12.8 Å². The van der Waals surface area contributed by atoms with Crippen molar-refractivity contribution in [3.63, 3.8) is 0 Å². The molecule has 0 amide bonds. The van der Waals surface area contributed by atoms with Crippen LogP contribution >= 0.6 is 0 Å². The molecule has 1 rings (SSSR count). The molecule has 0 aliphatic heterocycles. The number of rotatable bonds is 8. The fraction of sp³-hybridized carbons (Fsp3) is 1.00. The van der Waals surface area contributed by atoms with Crippen molar-refractivity contribution in [3.8, 4) is 0 Å². The SMILES string of the molecule is CCNCC(COCC1CC1)C(C)C. The minimum absolute atomic E-state index is 0.675. The molecule has 84 valence electrons. The normalized spacial score (nSPS) is 18.9. The van der Waals surface area contributed by atoms with Crippen molar-refractivity contribution >= 4 is 0 Å². The predicted octanol–water partition coefficient (Wildman–Crippen LogP) is 2.29. The highest BCUT2D eigenvalue weighted by Gasteiger charge is 2.22. The standard InChI is InChI=1S/C12H25NO/c1-4-13-7-12(10(2)3)9-14-8-11-5-6-11/h10-13H,4-9H2,1-3H3. The van der Waals surface area contributed by atoms with Gasteiger partial charge in [0.25, 0.3) is 0 Å². The Morgan fingerprint density at radius 2 is 2.07 bits per heavy atom. The van der Waals surface area contributed by atoms with Gasteiger partial charge in [-0.05, 0) is 37.1 Å².